The summed E-state index contributed by atoms with van der Waals surface area (Å²) in [6.45, 7) is 0. The van der Waals surface area contributed by atoms with E-state index in [0.717, 1.165) is 11.5 Å². The Balaban J connectivity index is 2.25. The van der Waals surface area contributed by atoms with E-state index in [4.69, 9.17) is 9.47 Å². The molecule has 106 valence electrons. The Morgan fingerprint density at radius 1 is 1.16 bits per heavy atom. The second-order valence-electron chi connectivity index (χ2n) is 4.40. The average Bonchev–Trinajstić information content (AvgIpc) is 2.48. The van der Waals surface area contributed by atoms with E-state index >= 15 is 0 Å². The number of methoxy groups -OCH3 is 2. The van der Waals surface area contributed by atoms with Crippen molar-refractivity contribution in [2.45, 2.75) is 11.3 Å². The van der Waals surface area contributed by atoms with Gasteiger partial charge >= 0.3 is 0 Å². The highest BCUT2D eigenvalue weighted by atomic mass is 32.2. The fraction of sp³-hybridized carbons (Fsp3) is 0.571. The van der Waals surface area contributed by atoms with Gasteiger partial charge in [0.1, 0.15) is 11.5 Å². The Hall–Kier alpha value is -0.520. The van der Waals surface area contributed by atoms with Crippen LogP contribution in [0.1, 0.15) is 11.6 Å². The second kappa shape index (κ2) is 7.31. The van der Waals surface area contributed by atoms with Crippen LogP contribution in [0.2, 0.25) is 0 Å². The van der Waals surface area contributed by atoms with Gasteiger partial charge in [0, 0.05) is 34.6 Å². The molecule has 1 aliphatic heterocycles. The molecule has 0 spiro atoms. The number of thioether (sulfide) groups is 2. The number of nitrogens with one attached hydrogen (secondary N) is 1. The van der Waals surface area contributed by atoms with Gasteiger partial charge in [-0.25, -0.2) is 0 Å². The molecule has 1 N–H and O–H groups in total. The summed E-state index contributed by atoms with van der Waals surface area (Å²) in [4.78, 5) is 0. The molecule has 1 saturated heterocycles. The molecule has 0 aromatic heterocycles. The topological polar surface area (TPSA) is 30.5 Å². The number of benzene rings is 1. The normalized spacial score (nSPS) is 20.9. The molecule has 19 heavy (non-hydrogen) atoms. The van der Waals surface area contributed by atoms with Gasteiger partial charge in [-0.15, -0.1) is 0 Å². The van der Waals surface area contributed by atoms with E-state index in [1.54, 1.807) is 14.2 Å². The summed E-state index contributed by atoms with van der Waals surface area (Å²) < 4.78 is 10.7. The van der Waals surface area contributed by atoms with Gasteiger partial charge in [-0.2, -0.15) is 23.5 Å². The molecule has 0 amide bonds. The SMILES string of the molecule is CNC(c1cc(OC)cc(OC)c1)C1CSCCS1. The van der Waals surface area contributed by atoms with Gasteiger partial charge in [0.15, 0.2) is 0 Å². The Morgan fingerprint density at radius 2 is 1.84 bits per heavy atom. The maximum absolute atomic E-state index is 5.36. The van der Waals surface area contributed by atoms with Crippen molar-refractivity contribution in [3.63, 3.8) is 0 Å². The lowest BCUT2D eigenvalue weighted by molar-refractivity contribution is 0.392. The summed E-state index contributed by atoms with van der Waals surface area (Å²) >= 11 is 4.09. The van der Waals surface area contributed by atoms with Gasteiger partial charge in [-0.05, 0) is 24.7 Å². The minimum absolute atomic E-state index is 0.335. The summed E-state index contributed by atoms with van der Waals surface area (Å²) in [7, 11) is 5.41. The van der Waals surface area contributed by atoms with Crippen molar-refractivity contribution in [1.82, 2.24) is 5.32 Å². The third-order valence-corrected chi connectivity index (χ3v) is 6.12. The Morgan fingerprint density at radius 3 is 2.32 bits per heavy atom. The second-order valence-corrected chi connectivity index (χ2v) is 6.89. The zero-order valence-electron chi connectivity index (χ0n) is 11.6. The molecule has 3 nitrogen and oxygen atoms in total. The highest BCUT2D eigenvalue weighted by molar-refractivity contribution is 8.06. The number of hydrogen-bond donors (Lipinski definition) is 1. The molecule has 5 heteroatoms. The molecule has 1 aromatic rings. The first-order valence-electron chi connectivity index (χ1n) is 6.38. The van der Waals surface area contributed by atoms with Crippen molar-refractivity contribution in [3.8, 4) is 11.5 Å². The number of rotatable bonds is 5. The molecule has 1 heterocycles. The minimum Gasteiger partial charge on any atom is -0.497 e. The molecule has 0 radical (unpaired) electrons. The highest BCUT2D eigenvalue weighted by Crippen LogP contribution is 2.36. The van der Waals surface area contributed by atoms with Crippen LogP contribution in [-0.2, 0) is 0 Å². The van der Waals surface area contributed by atoms with Crippen molar-refractivity contribution < 1.29 is 9.47 Å². The first kappa shape index (κ1) is 14.9. The molecule has 2 rings (SSSR count). The zero-order chi connectivity index (χ0) is 13.7. The third-order valence-electron chi connectivity index (χ3n) is 3.26. The summed E-state index contributed by atoms with van der Waals surface area (Å²) in [5, 5.41) is 4.04. The molecular formula is C14H21NO2S2. The van der Waals surface area contributed by atoms with Crippen molar-refractivity contribution >= 4 is 23.5 Å². The minimum atomic E-state index is 0.335. The van der Waals surface area contributed by atoms with Crippen LogP contribution in [0.15, 0.2) is 18.2 Å². The first-order chi connectivity index (χ1) is 9.28. The van der Waals surface area contributed by atoms with Gasteiger partial charge in [0.05, 0.1) is 14.2 Å². The molecule has 2 unspecified atom stereocenters. The van der Waals surface area contributed by atoms with E-state index in [9.17, 15) is 0 Å². The quantitative estimate of drug-likeness (QED) is 0.903. The molecular weight excluding hydrogens is 278 g/mol. The van der Waals surface area contributed by atoms with Crippen LogP contribution in [0.5, 0.6) is 11.5 Å². The lowest BCUT2D eigenvalue weighted by Crippen LogP contribution is -2.31. The fourth-order valence-corrected chi connectivity index (χ4v) is 5.18. The van der Waals surface area contributed by atoms with Crippen molar-refractivity contribution in [3.05, 3.63) is 23.8 Å². The van der Waals surface area contributed by atoms with E-state index in [0.29, 0.717) is 11.3 Å². The molecule has 1 fully saturated rings. The molecule has 0 aliphatic carbocycles. The summed E-state index contributed by atoms with van der Waals surface area (Å²) in [5.74, 6) is 5.38. The fourth-order valence-electron chi connectivity index (χ4n) is 2.27. The predicted octanol–water partition coefficient (Wildman–Crippen LogP) is 2.81. The number of hydrogen-bond acceptors (Lipinski definition) is 5. The van der Waals surface area contributed by atoms with Gasteiger partial charge in [0.25, 0.3) is 0 Å². The Labute approximate surface area is 123 Å². The lowest BCUT2D eigenvalue weighted by Gasteiger charge is -2.30. The maximum Gasteiger partial charge on any atom is 0.122 e. The van der Waals surface area contributed by atoms with Crippen LogP contribution in [0, 0.1) is 0 Å². The molecule has 1 aromatic carbocycles. The van der Waals surface area contributed by atoms with Crippen LogP contribution in [0.3, 0.4) is 0 Å². The largest absolute Gasteiger partial charge is 0.497 e. The van der Waals surface area contributed by atoms with Crippen molar-refractivity contribution in [2.75, 3.05) is 38.5 Å². The predicted molar refractivity (Wildman–Crippen MR) is 84.9 cm³/mol. The van der Waals surface area contributed by atoms with E-state index in [2.05, 4.69) is 29.2 Å². The van der Waals surface area contributed by atoms with E-state index in [1.165, 1.54) is 22.8 Å². The lowest BCUT2D eigenvalue weighted by atomic mass is 10.0. The zero-order valence-corrected chi connectivity index (χ0v) is 13.3. The van der Waals surface area contributed by atoms with Crippen LogP contribution in [0.4, 0.5) is 0 Å². The van der Waals surface area contributed by atoms with E-state index in [-0.39, 0.29) is 0 Å². The maximum atomic E-state index is 5.36. The van der Waals surface area contributed by atoms with Gasteiger partial charge < -0.3 is 14.8 Å². The Bertz CT molecular complexity index is 386. The molecule has 0 bridgehead atoms. The summed E-state index contributed by atoms with van der Waals surface area (Å²) in [6, 6.07) is 6.45. The smallest absolute Gasteiger partial charge is 0.122 e. The van der Waals surface area contributed by atoms with E-state index in [1.807, 2.05) is 24.9 Å². The van der Waals surface area contributed by atoms with Crippen molar-refractivity contribution in [2.24, 2.45) is 0 Å². The van der Waals surface area contributed by atoms with Crippen LogP contribution < -0.4 is 14.8 Å². The molecule has 2 atom stereocenters. The summed E-state index contributed by atoms with van der Waals surface area (Å²) in [6.07, 6.45) is 0. The molecule has 1 aliphatic rings. The number of ether oxygens (including phenoxy) is 2. The Kier molecular flexibility index (Phi) is 5.73. The monoisotopic (exact) mass is 299 g/mol. The average molecular weight is 299 g/mol. The molecule has 0 saturated carbocycles. The highest BCUT2D eigenvalue weighted by Gasteiger charge is 2.25. The van der Waals surface area contributed by atoms with Gasteiger partial charge in [-0.3, -0.25) is 0 Å². The summed E-state index contributed by atoms with van der Waals surface area (Å²) in [5.41, 5.74) is 1.23. The van der Waals surface area contributed by atoms with E-state index < -0.39 is 0 Å². The third kappa shape index (κ3) is 3.74. The standard InChI is InChI=1S/C14H21NO2S2/c1-15-14(13-9-18-4-5-19-13)10-6-11(16-2)8-12(7-10)17-3/h6-8,13-15H,4-5,9H2,1-3H3. The van der Waals surface area contributed by atoms with Crippen molar-refractivity contribution in [1.29, 1.82) is 0 Å². The van der Waals surface area contributed by atoms with Crippen LogP contribution in [0.25, 0.3) is 0 Å². The first-order valence-corrected chi connectivity index (χ1v) is 8.58. The van der Waals surface area contributed by atoms with Gasteiger partial charge in [-0.1, -0.05) is 0 Å². The van der Waals surface area contributed by atoms with Crippen LogP contribution in [-0.4, -0.2) is 43.8 Å². The van der Waals surface area contributed by atoms with Crippen LogP contribution >= 0.6 is 23.5 Å². The van der Waals surface area contributed by atoms with Gasteiger partial charge in [0.2, 0.25) is 0 Å².